The van der Waals surface area contributed by atoms with Crippen molar-refractivity contribution < 1.29 is 21.5 Å². The van der Waals surface area contributed by atoms with E-state index < -0.39 is 0 Å². The molecule has 0 spiro atoms. The molecule has 3 heterocycles. The van der Waals surface area contributed by atoms with Gasteiger partial charge in [-0.2, -0.15) is 11.3 Å². The molecule has 90 valence electrons. The Morgan fingerprint density at radius 3 is 2.47 bits per heavy atom. The second-order valence-electron chi connectivity index (χ2n) is 4.20. The number of hydrogen-bond donors (Lipinski definition) is 0. The van der Waals surface area contributed by atoms with Gasteiger partial charge in [0.1, 0.15) is 0 Å². The van der Waals surface area contributed by atoms with E-state index in [4.69, 9.17) is 0 Å². The lowest BCUT2D eigenvalue weighted by molar-refractivity contribution is -0.688. The fourth-order valence-electron chi connectivity index (χ4n) is 1.93. The minimum absolute atomic E-state index is 0. The number of hydrogen-bond acceptors (Lipinski definition) is 2. The maximum absolute atomic E-state index is 2.41. The van der Waals surface area contributed by atoms with Crippen LogP contribution < -0.4 is 26.4 Å². The SMILES string of the molecule is [Br-].c1cc(C[n+]2ccc(N3CCC3)cc2)cs1. The monoisotopic (exact) mass is 310 g/mol. The highest BCUT2D eigenvalue weighted by atomic mass is 79.9. The molecule has 1 fully saturated rings. The Hall–Kier alpha value is -0.870. The number of thiophene rings is 1. The Bertz CT molecular complexity index is 449. The van der Waals surface area contributed by atoms with Gasteiger partial charge in [-0.1, -0.05) is 0 Å². The summed E-state index contributed by atoms with van der Waals surface area (Å²) in [7, 11) is 0. The molecule has 0 radical (unpaired) electrons. The van der Waals surface area contributed by atoms with Crippen molar-refractivity contribution in [2.45, 2.75) is 13.0 Å². The maximum atomic E-state index is 2.41. The molecule has 0 amide bonds. The van der Waals surface area contributed by atoms with E-state index in [1.54, 1.807) is 11.3 Å². The summed E-state index contributed by atoms with van der Waals surface area (Å²) in [5.74, 6) is 0. The predicted octanol–water partition coefficient (Wildman–Crippen LogP) is -0.702. The van der Waals surface area contributed by atoms with Crippen molar-refractivity contribution in [1.82, 2.24) is 0 Å². The van der Waals surface area contributed by atoms with Crippen molar-refractivity contribution in [3.63, 3.8) is 0 Å². The van der Waals surface area contributed by atoms with Crippen LogP contribution in [0.1, 0.15) is 12.0 Å². The molecule has 2 nitrogen and oxygen atoms in total. The Morgan fingerprint density at radius 2 is 1.94 bits per heavy atom. The van der Waals surface area contributed by atoms with Gasteiger partial charge in [-0.05, 0) is 17.9 Å². The summed E-state index contributed by atoms with van der Waals surface area (Å²) in [4.78, 5) is 2.41. The summed E-state index contributed by atoms with van der Waals surface area (Å²) >= 11 is 1.76. The van der Waals surface area contributed by atoms with Crippen LogP contribution in [0.5, 0.6) is 0 Å². The predicted molar refractivity (Wildman–Crippen MR) is 66.9 cm³/mol. The molecule has 0 bridgehead atoms. The van der Waals surface area contributed by atoms with Crippen LogP contribution in [0.3, 0.4) is 0 Å². The Morgan fingerprint density at radius 1 is 1.18 bits per heavy atom. The molecule has 3 rings (SSSR count). The van der Waals surface area contributed by atoms with E-state index in [-0.39, 0.29) is 17.0 Å². The fraction of sp³-hybridized carbons (Fsp3) is 0.308. The molecule has 1 aliphatic heterocycles. The highest BCUT2D eigenvalue weighted by Crippen LogP contribution is 2.18. The first-order chi connectivity index (χ1) is 7.92. The normalized spacial score (nSPS) is 14.0. The Kier molecular flexibility index (Phi) is 4.18. The molecule has 17 heavy (non-hydrogen) atoms. The van der Waals surface area contributed by atoms with E-state index in [9.17, 15) is 0 Å². The number of aromatic nitrogens is 1. The lowest BCUT2D eigenvalue weighted by atomic mass is 10.2. The van der Waals surface area contributed by atoms with Gasteiger partial charge in [-0.3, -0.25) is 0 Å². The van der Waals surface area contributed by atoms with Gasteiger partial charge < -0.3 is 21.9 Å². The van der Waals surface area contributed by atoms with E-state index in [0.29, 0.717) is 0 Å². The van der Waals surface area contributed by atoms with Gasteiger partial charge in [-0.25, -0.2) is 4.57 Å². The molecule has 1 aliphatic rings. The first-order valence-electron chi connectivity index (χ1n) is 5.67. The molecule has 0 N–H and O–H groups in total. The van der Waals surface area contributed by atoms with E-state index in [0.717, 1.165) is 6.54 Å². The molecule has 0 atom stereocenters. The third-order valence-corrected chi connectivity index (χ3v) is 3.77. The van der Waals surface area contributed by atoms with Crippen LogP contribution in [-0.4, -0.2) is 13.1 Å². The zero-order valence-corrected chi connectivity index (χ0v) is 12.0. The van der Waals surface area contributed by atoms with E-state index >= 15 is 0 Å². The minimum Gasteiger partial charge on any atom is -1.00 e. The summed E-state index contributed by atoms with van der Waals surface area (Å²) in [6.45, 7) is 3.41. The zero-order valence-electron chi connectivity index (χ0n) is 9.55. The molecular formula is C13H15BrN2S. The summed E-state index contributed by atoms with van der Waals surface area (Å²) in [5.41, 5.74) is 2.74. The van der Waals surface area contributed by atoms with Gasteiger partial charge in [0, 0.05) is 41.9 Å². The molecule has 2 aromatic heterocycles. The van der Waals surface area contributed by atoms with Crippen LogP contribution in [0.25, 0.3) is 0 Å². The second kappa shape index (κ2) is 5.65. The fourth-order valence-corrected chi connectivity index (χ4v) is 2.59. The molecule has 0 aliphatic carbocycles. The standard InChI is InChI=1S/C13H15N2S.BrH/c1-5-15(6-1)13-2-7-14(8-3-13)10-12-4-9-16-11-12;/h2-4,7-9,11H,1,5-6,10H2;1H/q+1;/p-1. The van der Waals surface area contributed by atoms with Crippen LogP contribution in [0.4, 0.5) is 5.69 Å². The number of anilines is 1. The highest BCUT2D eigenvalue weighted by molar-refractivity contribution is 7.07. The second-order valence-corrected chi connectivity index (χ2v) is 4.98. The summed E-state index contributed by atoms with van der Waals surface area (Å²) in [6.07, 6.45) is 5.68. The molecule has 4 heteroatoms. The largest absolute Gasteiger partial charge is 1.00 e. The quantitative estimate of drug-likeness (QED) is 0.680. The van der Waals surface area contributed by atoms with Crippen LogP contribution in [0.2, 0.25) is 0 Å². The van der Waals surface area contributed by atoms with Crippen molar-refractivity contribution in [2.24, 2.45) is 0 Å². The van der Waals surface area contributed by atoms with E-state index in [1.807, 2.05) is 0 Å². The average molecular weight is 311 g/mol. The topological polar surface area (TPSA) is 7.12 Å². The summed E-state index contributed by atoms with van der Waals surface area (Å²) in [6, 6.07) is 6.61. The number of nitrogens with zero attached hydrogens (tertiary/aromatic N) is 2. The molecule has 2 aromatic rings. The molecular weight excluding hydrogens is 296 g/mol. The van der Waals surface area contributed by atoms with Crippen molar-refractivity contribution >= 4 is 17.0 Å². The first-order valence-corrected chi connectivity index (χ1v) is 6.61. The summed E-state index contributed by atoms with van der Waals surface area (Å²) in [5, 5.41) is 4.33. The molecule has 0 aromatic carbocycles. The van der Waals surface area contributed by atoms with E-state index in [2.05, 4.69) is 50.8 Å². The number of pyridine rings is 1. The van der Waals surface area contributed by atoms with Gasteiger partial charge in [0.2, 0.25) is 0 Å². The summed E-state index contributed by atoms with van der Waals surface area (Å²) < 4.78 is 2.23. The maximum Gasteiger partial charge on any atom is 0.174 e. The lowest BCUT2D eigenvalue weighted by Crippen LogP contribution is -3.00. The van der Waals surface area contributed by atoms with Crippen LogP contribution >= 0.6 is 11.3 Å². The van der Waals surface area contributed by atoms with Crippen molar-refractivity contribution in [3.8, 4) is 0 Å². The number of halogens is 1. The van der Waals surface area contributed by atoms with Crippen LogP contribution in [0.15, 0.2) is 41.4 Å². The van der Waals surface area contributed by atoms with Crippen LogP contribution in [0, 0.1) is 0 Å². The minimum atomic E-state index is 0. The molecule has 0 unspecified atom stereocenters. The van der Waals surface area contributed by atoms with Gasteiger partial charge in [-0.15, -0.1) is 0 Å². The molecule has 0 saturated carbocycles. The van der Waals surface area contributed by atoms with Crippen molar-refractivity contribution in [3.05, 3.63) is 46.9 Å². The Balaban J connectivity index is 0.00000108. The third kappa shape index (κ3) is 2.87. The first kappa shape index (κ1) is 12.6. The average Bonchev–Trinajstić information content (AvgIpc) is 2.71. The molecule has 1 saturated heterocycles. The van der Waals surface area contributed by atoms with Gasteiger partial charge >= 0.3 is 0 Å². The highest BCUT2D eigenvalue weighted by Gasteiger charge is 2.15. The smallest absolute Gasteiger partial charge is 0.174 e. The number of rotatable bonds is 3. The van der Waals surface area contributed by atoms with Crippen molar-refractivity contribution in [2.75, 3.05) is 18.0 Å². The van der Waals surface area contributed by atoms with Gasteiger partial charge in [0.25, 0.3) is 0 Å². The van der Waals surface area contributed by atoms with Gasteiger partial charge in [0.15, 0.2) is 18.9 Å². The zero-order chi connectivity index (χ0) is 10.8. The van der Waals surface area contributed by atoms with Crippen LogP contribution in [-0.2, 0) is 6.54 Å². The van der Waals surface area contributed by atoms with Crippen molar-refractivity contribution in [1.29, 1.82) is 0 Å². The Labute approximate surface area is 116 Å². The third-order valence-electron chi connectivity index (χ3n) is 3.04. The van der Waals surface area contributed by atoms with E-state index in [1.165, 1.54) is 30.8 Å². The lowest BCUT2D eigenvalue weighted by Gasteiger charge is -2.32. The van der Waals surface area contributed by atoms with Gasteiger partial charge in [0.05, 0.1) is 0 Å².